The van der Waals surface area contributed by atoms with Gasteiger partial charge in [-0.1, -0.05) is 0 Å². The molecule has 72 valence electrons. The summed E-state index contributed by atoms with van der Waals surface area (Å²) in [6.45, 7) is 1.39. The molecular weight excluding hydrogens is 164 g/mol. The number of ether oxygens (including phenoxy) is 1. The summed E-state index contributed by atoms with van der Waals surface area (Å²) < 4.78 is 4.92. The molecule has 0 aromatic carbocycles. The van der Waals surface area contributed by atoms with Crippen LogP contribution in [0.1, 0.15) is 6.92 Å². The molecule has 5 nitrogen and oxygen atoms in total. The highest BCUT2D eigenvalue weighted by Crippen LogP contribution is 2.17. The van der Waals surface area contributed by atoms with Crippen LogP contribution in [0.15, 0.2) is 0 Å². The zero-order valence-electron chi connectivity index (χ0n) is 6.79. The van der Waals surface area contributed by atoms with Crippen molar-refractivity contribution in [1.82, 2.24) is 0 Å². The van der Waals surface area contributed by atoms with Crippen LogP contribution in [0.2, 0.25) is 0 Å². The van der Waals surface area contributed by atoms with Gasteiger partial charge in [0.1, 0.15) is 24.4 Å². The van der Waals surface area contributed by atoms with E-state index in [4.69, 9.17) is 14.9 Å². The fraction of sp³-hybridized carbons (Fsp3) is 1.00. The van der Waals surface area contributed by atoms with Gasteiger partial charge in [-0.15, -0.1) is 0 Å². The molecule has 0 bridgehead atoms. The number of aliphatic hydroxyl groups excluding tert-OH is 4. The molecule has 0 amide bonds. The zero-order chi connectivity index (χ0) is 9.30. The normalized spacial score (nSPS) is 45.8. The molecule has 1 aliphatic rings. The van der Waals surface area contributed by atoms with Gasteiger partial charge < -0.3 is 25.2 Å². The van der Waals surface area contributed by atoms with E-state index in [-0.39, 0.29) is 6.61 Å². The predicted molar refractivity (Wildman–Crippen MR) is 39.4 cm³/mol. The van der Waals surface area contributed by atoms with Crippen molar-refractivity contribution in [1.29, 1.82) is 0 Å². The second-order valence-corrected chi connectivity index (χ2v) is 3.09. The van der Waals surface area contributed by atoms with Gasteiger partial charge in [-0.3, -0.25) is 0 Å². The van der Waals surface area contributed by atoms with E-state index in [0.29, 0.717) is 0 Å². The third-order valence-corrected chi connectivity index (χ3v) is 2.02. The molecule has 0 aromatic rings. The molecule has 0 radical (unpaired) electrons. The highest BCUT2D eigenvalue weighted by Gasteiger charge is 2.39. The lowest BCUT2D eigenvalue weighted by Crippen LogP contribution is -2.56. The summed E-state index contributed by atoms with van der Waals surface area (Å²) in [7, 11) is 0. The van der Waals surface area contributed by atoms with Crippen LogP contribution in [0.5, 0.6) is 0 Å². The Kier molecular flexibility index (Phi) is 3.03. The van der Waals surface area contributed by atoms with Crippen molar-refractivity contribution < 1.29 is 25.2 Å². The summed E-state index contributed by atoms with van der Waals surface area (Å²) in [5.41, 5.74) is 0. The largest absolute Gasteiger partial charge is 0.391 e. The number of aliphatic hydroxyl groups is 4. The van der Waals surface area contributed by atoms with Crippen molar-refractivity contribution in [3.05, 3.63) is 0 Å². The third kappa shape index (κ3) is 1.75. The van der Waals surface area contributed by atoms with Crippen molar-refractivity contribution in [2.45, 2.75) is 37.4 Å². The smallest absolute Gasteiger partial charge is 0.112 e. The minimum atomic E-state index is -1.24. The van der Waals surface area contributed by atoms with Crippen molar-refractivity contribution in [2.75, 3.05) is 6.61 Å². The molecule has 1 fully saturated rings. The van der Waals surface area contributed by atoms with Crippen molar-refractivity contribution in [3.63, 3.8) is 0 Å². The van der Waals surface area contributed by atoms with E-state index in [1.54, 1.807) is 0 Å². The van der Waals surface area contributed by atoms with Crippen LogP contribution in [-0.4, -0.2) is 57.6 Å². The Hall–Kier alpha value is -0.200. The van der Waals surface area contributed by atoms with Gasteiger partial charge in [-0.25, -0.2) is 0 Å². The predicted octanol–water partition coefficient (Wildman–Crippen LogP) is -2.15. The van der Waals surface area contributed by atoms with Crippen molar-refractivity contribution in [3.8, 4) is 0 Å². The van der Waals surface area contributed by atoms with Gasteiger partial charge in [0.25, 0.3) is 0 Å². The Balaban J connectivity index is 2.58. The molecule has 1 heterocycles. The molecule has 0 spiro atoms. The van der Waals surface area contributed by atoms with E-state index in [1.165, 1.54) is 6.92 Å². The Morgan fingerprint density at radius 3 is 2.33 bits per heavy atom. The highest BCUT2D eigenvalue weighted by atomic mass is 16.5. The number of hydrogen-bond acceptors (Lipinski definition) is 5. The van der Waals surface area contributed by atoms with E-state index in [1.807, 2.05) is 0 Å². The summed E-state index contributed by atoms with van der Waals surface area (Å²) >= 11 is 0. The van der Waals surface area contributed by atoms with Gasteiger partial charge >= 0.3 is 0 Å². The molecule has 12 heavy (non-hydrogen) atoms. The van der Waals surface area contributed by atoms with Crippen LogP contribution < -0.4 is 0 Å². The Labute approximate surface area is 70.2 Å². The van der Waals surface area contributed by atoms with Crippen LogP contribution >= 0.6 is 0 Å². The minimum absolute atomic E-state index is 0.0617. The molecule has 5 atom stereocenters. The van der Waals surface area contributed by atoms with Gasteiger partial charge in [0.15, 0.2) is 0 Å². The van der Waals surface area contributed by atoms with Gasteiger partial charge in [0.05, 0.1) is 12.7 Å². The average molecular weight is 178 g/mol. The molecule has 1 saturated heterocycles. The Morgan fingerprint density at radius 1 is 1.25 bits per heavy atom. The SMILES string of the molecule is CC(O)C1OCC(O)C(O)C1O. The van der Waals surface area contributed by atoms with Crippen LogP contribution in [-0.2, 0) is 4.74 Å². The van der Waals surface area contributed by atoms with E-state index >= 15 is 0 Å². The topological polar surface area (TPSA) is 90.2 Å². The van der Waals surface area contributed by atoms with Crippen LogP contribution in [0.3, 0.4) is 0 Å². The van der Waals surface area contributed by atoms with Gasteiger partial charge in [0.2, 0.25) is 0 Å². The van der Waals surface area contributed by atoms with Gasteiger partial charge in [-0.2, -0.15) is 0 Å². The standard InChI is InChI=1S/C7H14O5/c1-3(8)7-6(11)5(10)4(9)2-12-7/h3-11H,2H2,1H3. The maximum Gasteiger partial charge on any atom is 0.112 e. The second-order valence-electron chi connectivity index (χ2n) is 3.09. The molecule has 0 aromatic heterocycles. The van der Waals surface area contributed by atoms with E-state index in [2.05, 4.69) is 0 Å². The van der Waals surface area contributed by atoms with Gasteiger partial charge in [-0.05, 0) is 6.92 Å². The fourth-order valence-electron chi connectivity index (χ4n) is 1.25. The molecule has 0 saturated carbocycles. The maximum absolute atomic E-state index is 9.28. The number of rotatable bonds is 1. The third-order valence-electron chi connectivity index (χ3n) is 2.02. The first-order valence-corrected chi connectivity index (χ1v) is 3.88. The lowest BCUT2D eigenvalue weighted by molar-refractivity contribution is -0.208. The van der Waals surface area contributed by atoms with Crippen molar-refractivity contribution >= 4 is 0 Å². The highest BCUT2D eigenvalue weighted by molar-refractivity contribution is 4.88. The van der Waals surface area contributed by atoms with Crippen LogP contribution in [0.25, 0.3) is 0 Å². The molecular formula is C7H14O5. The quantitative estimate of drug-likeness (QED) is 0.367. The summed E-state index contributed by atoms with van der Waals surface area (Å²) in [6, 6.07) is 0. The Bertz CT molecular complexity index is 149. The monoisotopic (exact) mass is 178 g/mol. The summed E-state index contributed by atoms with van der Waals surface area (Å²) in [6.07, 6.45) is -5.22. The molecule has 4 N–H and O–H groups in total. The first-order valence-electron chi connectivity index (χ1n) is 3.88. The van der Waals surface area contributed by atoms with E-state index < -0.39 is 30.5 Å². The van der Waals surface area contributed by atoms with Gasteiger partial charge in [0, 0.05) is 0 Å². The maximum atomic E-state index is 9.28. The molecule has 5 heteroatoms. The summed E-state index contributed by atoms with van der Waals surface area (Å²) in [5.74, 6) is 0. The molecule has 0 aliphatic carbocycles. The summed E-state index contributed by atoms with van der Waals surface area (Å²) in [4.78, 5) is 0. The molecule has 5 unspecified atom stereocenters. The number of hydrogen-bond donors (Lipinski definition) is 4. The minimum Gasteiger partial charge on any atom is -0.391 e. The fourth-order valence-corrected chi connectivity index (χ4v) is 1.25. The van der Waals surface area contributed by atoms with E-state index in [0.717, 1.165) is 0 Å². The lowest BCUT2D eigenvalue weighted by Gasteiger charge is -2.36. The summed E-state index contributed by atoms with van der Waals surface area (Å²) in [5, 5.41) is 36.6. The first-order chi connectivity index (χ1) is 5.54. The first kappa shape index (κ1) is 9.88. The van der Waals surface area contributed by atoms with Crippen LogP contribution in [0.4, 0.5) is 0 Å². The van der Waals surface area contributed by atoms with E-state index in [9.17, 15) is 10.2 Å². The average Bonchev–Trinajstić information content (AvgIpc) is 2.00. The Morgan fingerprint density at radius 2 is 1.83 bits per heavy atom. The second kappa shape index (κ2) is 3.68. The van der Waals surface area contributed by atoms with Crippen molar-refractivity contribution in [2.24, 2.45) is 0 Å². The molecule has 1 rings (SSSR count). The van der Waals surface area contributed by atoms with Crippen LogP contribution in [0, 0.1) is 0 Å². The molecule has 1 aliphatic heterocycles. The lowest BCUT2D eigenvalue weighted by atomic mass is 9.97. The zero-order valence-corrected chi connectivity index (χ0v) is 6.79.